The van der Waals surface area contributed by atoms with Crippen LogP contribution in [0.2, 0.25) is 0 Å². The van der Waals surface area contributed by atoms with Crippen LogP contribution in [-0.4, -0.2) is 34.0 Å². The van der Waals surface area contributed by atoms with E-state index in [2.05, 4.69) is 10.3 Å². The molecule has 0 amide bonds. The van der Waals surface area contributed by atoms with Crippen molar-refractivity contribution in [2.45, 2.75) is 19.2 Å². The van der Waals surface area contributed by atoms with Crippen molar-refractivity contribution in [1.82, 2.24) is 19.9 Å². The van der Waals surface area contributed by atoms with Gasteiger partial charge >= 0.3 is 0 Å². The third kappa shape index (κ3) is 4.13. The van der Waals surface area contributed by atoms with Crippen LogP contribution in [0.25, 0.3) is 22.2 Å². The summed E-state index contributed by atoms with van der Waals surface area (Å²) in [4.78, 5) is 8.80. The fourth-order valence-corrected chi connectivity index (χ4v) is 3.26. The molecule has 0 aliphatic heterocycles. The highest BCUT2D eigenvalue weighted by molar-refractivity contribution is 6.32. The summed E-state index contributed by atoms with van der Waals surface area (Å²) in [5, 5.41) is 15.0. The first-order chi connectivity index (χ1) is 13.7. The molecule has 2 N–H and O–H groups in total. The molecular weight excluding hydrogens is 347 g/mol. The number of pyridine rings is 1. The van der Waals surface area contributed by atoms with Gasteiger partial charge in [0.2, 0.25) is 0 Å². The predicted molar refractivity (Wildman–Crippen MR) is 112 cm³/mol. The number of hydrogen-bond donors (Lipinski definition) is 2. The second-order valence-electron chi connectivity index (χ2n) is 6.75. The minimum Gasteiger partial charge on any atom is -0.374 e. The monoisotopic (exact) mass is 368 g/mol. The van der Waals surface area contributed by atoms with E-state index in [4.69, 9.17) is 12.8 Å². The first-order valence-electron chi connectivity index (χ1n) is 9.33. The molecule has 0 aliphatic carbocycles. The Morgan fingerprint density at radius 2 is 1.93 bits per heavy atom. The number of imidazole rings is 1. The van der Waals surface area contributed by atoms with E-state index >= 15 is 0 Å². The van der Waals surface area contributed by atoms with Crippen molar-refractivity contribution >= 4 is 24.2 Å². The summed E-state index contributed by atoms with van der Waals surface area (Å²) in [7, 11) is 5.80. The van der Waals surface area contributed by atoms with Crippen LogP contribution in [0.4, 0.5) is 0 Å². The van der Waals surface area contributed by atoms with E-state index in [1.54, 1.807) is 12.5 Å². The van der Waals surface area contributed by atoms with Gasteiger partial charge in [-0.3, -0.25) is 5.32 Å². The number of hydrogen-bond acceptors (Lipinski definition) is 4. The molecule has 2 aromatic carbocycles. The predicted octanol–water partition coefficient (Wildman–Crippen LogP) is 2.56. The molecule has 4 aromatic rings. The molecule has 1 atom stereocenters. The van der Waals surface area contributed by atoms with Gasteiger partial charge in [-0.05, 0) is 25.1 Å². The number of nitrogens with one attached hydrogen (secondary N) is 1. The molecule has 6 heteroatoms. The molecule has 0 bridgehead atoms. The average Bonchev–Trinajstić information content (AvgIpc) is 3.24. The number of aromatic nitrogens is 3. The van der Waals surface area contributed by atoms with E-state index in [1.165, 1.54) is 0 Å². The summed E-state index contributed by atoms with van der Waals surface area (Å²) < 4.78 is 2.02. The fourth-order valence-electron chi connectivity index (χ4n) is 3.26. The van der Waals surface area contributed by atoms with Crippen LogP contribution < -0.4 is 10.8 Å². The highest BCUT2D eigenvalue weighted by Crippen LogP contribution is 2.27. The lowest BCUT2D eigenvalue weighted by Crippen LogP contribution is -2.23. The lowest BCUT2D eigenvalue weighted by molar-refractivity contribution is 0.140. The molecule has 2 heterocycles. The number of aliphatic hydroxyl groups excluding tert-OH is 1. The number of fused-ring (bicyclic) bond motifs is 1. The maximum atomic E-state index is 10.8. The van der Waals surface area contributed by atoms with Crippen molar-refractivity contribution in [3.05, 3.63) is 78.9 Å². The van der Waals surface area contributed by atoms with Crippen LogP contribution in [-0.2, 0) is 6.54 Å². The van der Waals surface area contributed by atoms with Crippen LogP contribution in [0.1, 0.15) is 18.2 Å². The zero-order valence-corrected chi connectivity index (χ0v) is 15.5. The molecule has 0 saturated carbocycles. The summed E-state index contributed by atoms with van der Waals surface area (Å²) in [5.74, 6) is 0. The van der Waals surface area contributed by atoms with Crippen LogP contribution >= 0.6 is 0 Å². The van der Waals surface area contributed by atoms with Crippen LogP contribution in [0.5, 0.6) is 0 Å². The van der Waals surface area contributed by atoms with Gasteiger partial charge in [0.15, 0.2) is 0 Å². The molecule has 5 nitrogen and oxygen atoms in total. The Bertz CT molecular complexity index is 1050. The Balaban J connectivity index is 1.56. The van der Waals surface area contributed by atoms with Crippen LogP contribution in [0.3, 0.4) is 0 Å². The number of para-hydroxylation sites is 1. The minimum absolute atomic E-state index is 0.688. The summed E-state index contributed by atoms with van der Waals surface area (Å²) in [6, 6.07) is 17.4. The number of nitrogens with zero attached hydrogens (tertiary/aromatic N) is 3. The Morgan fingerprint density at radius 1 is 1.11 bits per heavy atom. The Hall–Kier alpha value is -2.96. The smallest absolute Gasteiger partial charge is 0.131 e. The van der Waals surface area contributed by atoms with Crippen molar-refractivity contribution in [1.29, 1.82) is 0 Å². The largest absolute Gasteiger partial charge is 0.374 e. The summed E-state index contributed by atoms with van der Waals surface area (Å²) >= 11 is 0. The van der Waals surface area contributed by atoms with E-state index in [1.807, 2.05) is 65.4 Å². The normalized spacial score (nSPS) is 12.3. The molecule has 0 saturated heterocycles. The average molecular weight is 368 g/mol. The van der Waals surface area contributed by atoms with Crippen molar-refractivity contribution in [3.63, 3.8) is 0 Å². The molecule has 0 spiro atoms. The van der Waals surface area contributed by atoms with Gasteiger partial charge in [0.05, 0.1) is 17.5 Å². The van der Waals surface area contributed by atoms with E-state index in [0.717, 1.165) is 40.7 Å². The van der Waals surface area contributed by atoms with E-state index < -0.39 is 6.23 Å². The number of rotatable bonds is 7. The van der Waals surface area contributed by atoms with Gasteiger partial charge in [-0.2, -0.15) is 0 Å². The zero-order valence-electron chi connectivity index (χ0n) is 15.5. The van der Waals surface area contributed by atoms with E-state index in [0.29, 0.717) is 12.0 Å². The Kier molecular flexibility index (Phi) is 5.51. The van der Waals surface area contributed by atoms with Crippen LogP contribution in [0, 0.1) is 0 Å². The SMILES string of the molecule is [B]c1ccc(-c2cc(C(O)NCCCn3ccnc3)c3ccccc3n2)cc1. The quantitative estimate of drug-likeness (QED) is 0.299. The van der Waals surface area contributed by atoms with Gasteiger partial charge in [-0.1, -0.05) is 47.9 Å². The highest BCUT2D eigenvalue weighted by Gasteiger charge is 2.14. The lowest BCUT2D eigenvalue weighted by Gasteiger charge is -2.17. The lowest BCUT2D eigenvalue weighted by atomic mass is 9.94. The minimum atomic E-state index is -0.775. The molecule has 138 valence electrons. The van der Waals surface area contributed by atoms with Crippen molar-refractivity contribution < 1.29 is 5.11 Å². The van der Waals surface area contributed by atoms with Gasteiger partial charge in [0.1, 0.15) is 14.1 Å². The number of benzene rings is 2. The van der Waals surface area contributed by atoms with Gasteiger partial charge in [-0.25, -0.2) is 9.97 Å². The fraction of sp³-hybridized carbons (Fsp3) is 0.182. The zero-order chi connectivity index (χ0) is 19.3. The summed E-state index contributed by atoms with van der Waals surface area (Å²) in [5.41, 5.74) is 4.16. The molecular formula is C22H21BN4O. The number of aryl methyl sites for hydroxylation is 1. The Labute approximate surface area is 165 Å². The summed E-state index contributed by atoms with van der Waals surface area (Å²) in [6.45, 7) is 1.54. The molecule has 0 aliphatic rings. The van der Waals surface area contributed by atoms with E-state index in [9.17, 15) is 5.11 Å². The maximum Gasteiger partial charge on any atom is 0.131 e. The highest BCUT2D eigenvalue weighted by atomic mass is 16.3. The summed E-state index contributed by atoms with van der Waals surface area (Å²) in [6.07, 6.45) is 5.62. The maximum absolute atomic E-state index is 10.8. The standard InChI is InChI=1S/C22H21BN4O/c23-17-8-6-16(7-9-17)21-14-19(18-4-1-2-5-20(18)26-21)22(28)25-10-3-12-27-13-11-24-15-27/h1-2,4-9,11,13-15,22,25,28H,3,10,12H2. The Morgan fingerprint density at radius 3 is 2.71 bits per heavy atom. The molecule has 2 radical (unpaired) electrons. The van der Waals surface area contributed by atoms with Gasteiger partial charge in [0.25, 0.3) is 0 Å². The first kappa shape index (κ1) is 18.4. The van der Waals surface area contributed by atoms with Crippen molar-refractivity contribution in [2.24, 2.45) is 0 Å². The van der Waals surface area contributed by atoms with Gasteiger partial charge < -0.3 is 9.67 Å². The molecule has 28 heavy (non-hydrogen) atoms. The molecule has 1 unspecified atom stereocenters. The van der Waals surface area contributed by atoms with Gasteiger partial charge in [-0.15, -0.1) is 0 Å². The third-order valence-electron chi connectivity index (χ3n) is 4.74. The second kappa shape index (κ2) is 8.38. The van der Waals surface area contributed by atoms with Gasteiger partial charge in [0, 0.05) is 35.5 Å². The second-order valence-corrected chi connectivity index (χ2v) is 6.75. The molecule has 4 rings (SSSR count). The van der Waals surface area contributed by atoms with Crippen molar-refractivity contribution in [3.8, 4) is 11.3 Å². The van der Waals surface area contributed by atoms with Crippen LogP contribution in [0.15, 0.2) is 73.3 Å². The molecule has 2 aromatic heterocycles. The third-order valence-corrected chi connectivity index (χ3v) is 4.74. The topological polar surface area (TPSA) is 63.0 Å². The van der Waals surface area contributed by atoms with E-state index in [-0.39, 0.29) is 0 Å². The number of aliphatic hydroxyl groups is 1. The van der Waals surface area contributed by atoms with Crippen molar-refractivity contribution in [2.75, 3.05) is 6.54 Å². The molecule has 0 fully saturated rings. The first-order valence-corrected chi connectivity index (χ1v) is 9.33.